The van der Waals surface area contributed by atoms with Gasteiger partial charge in [0.1, 0.15) is 0 Å². The van der Waals surface area contributed by atoms with Crippen molar-refractivity contribution in [1.82, 2.24) is 0 Å². The van der Waals surface area contributed by atoms with Crippen LogP contribution < -0.4 is 5.73 Å². The van der Waals surface area contributed by atoms with E-state index >= 15 is 0 Å². The molecule has 1 rings (SSSR count). The fraction of sp³-hybridized carbons (Fsp3) is 1.00. The van der Waals surface area contributed by atoms with Gasteiger partial charge >= 0.3 is 0 Å². The van der Waals surface area contributed by atoms with Crippen LogP contribution in [0, 0.1) is 0 Å². The number of hydrogen-bond donors (Lipinski definition) is 1. The summed E-state index contributed by atoms with van der Waals surface area (Å²) in [5.74, 6) is 0. The molecular weight excluding hydrogens is 206 g/mol. The van der Waals surface area contributed by atoms with Gasteiger partial charge in [-0.05, 0) is 20.8 Å². The van der Waals surface area contributed by atoms with Gasteiger partial charge < -0.3 is 19.9 Å². The van der Waals surface area contributed by atoms with E-state index in [4.69, 9.17) is 19.9 Å². The number of ether oxygens (including phenoxy) is 3. The molecule has 4 nitrogen and oxygen atoms in total. The standard InChI is InChI=1S/C12H25NO3/c1-11(2,3)15-8-9-16-12(10-13)4-6-14-7-5-12/h4-10,13H2,1-3H3. The molecule has 0 aromatic rings. The Balaban J connectivity index is 2.23. The second kappa shape index (κ2) is 5.96. The minimum Gasteiger partial charge on any atom is -0.381 e. The number of hydrogen-bond acceptors (Lipinski definition) is 4. The van der Waals surface area contributed by atoms with E-state index in [0.29, 0.717) is 19.8 Å². The van der Waals surface area contributed by atoms with Crippen molar-refractivity contribution in [3.8, 4) is 0 Å². The van der Waals surface area contributed by atoms with Gasteiger partial charge in [-0.3, -0.25) is 0 Å². The maximum absolute atomic E-state index is 5.89. The third-order valence-electron chi connectivity index (χ3n) is 2.80. The first-order valence-electron chi connectivity index (χ1n) is 6.03. The van der Waals surface area contributed by atoms with Gasteiger partial charge in [-0.15, -0.1) is 0 Å². The summed E-state index contributed by atoms with van der Waals surface area (Å²) in [7, 11) is 0. The first kappa shape index (κ1) is 13.9. The van der Waals surface area contributed by atoms with Gasteiger partial charge in [0.15, 0.2) is 0 Å². The smallest absolute Gasteiger partial charge is 0.0849 e. The molecule has 0 aromatic carbocycles. The van der Waals surface area contributed by atoms with E-state index in [-0.39, 0.29) is 11.2 Å². The summed E-state index contributed by atoms with van der Waals surface area (Å²) in [6.07, 6.45) is 1.78. The van der Waals surface area contributed by atoms with Crippen molar-refractivity contribution < 1.29 is 14.2 Å². The molecule has 2 N–H and O–H groups in total. The van der Waals surface area contributed by atoms with Gasteiger partial charge in [0.05, 0.1) is 24.4 Å². The second-order valence-corrected chi connectivity index (χ2v) is 5.31. The third kappa shape index (κ3) is 4.78. The van der Waals surface area contributed by atoms with Crippen molar-refractivity contribution >= 4 is 0 Å². The van der Waals surface area contributed by atoms with Crippen molar-refractivity contribution in [2.45, 2.75) is 44.8 Å². The lowest BCUT2D eigenvalue weighted by molar-refractivity contribution is -0.127. The highest BCUT2D eigenvalue weighted by atomic mass is 16.6. The zero-order chi connectivity index (χ0) is 12.1. The topological polar surface area (TPSA) is 53.7 Å². The molecule has 0 bridgehead atoms. The highest BCUT2D eigenvalue weighted by Gasteiger charge is 2.32. The molecule has 0 amide bonds. The Labute approximate surface area is 98.4 Å². The molecule has 1 heterocycles. The van der Waals surface area contributed by atoms with Crippen LogP contribution >= 0.6 is 0 Å². The molecule has 1 fully saturated rings. The Hall–Kier alpha value is -0.160. The monoisotopic (exact) mass is 231 g/mol. The molecule has 0 aliphatic carbocycles. The molecule has 16 heavy (non-hydrogen) atoms. The van der Waals surface area contributed by atoms with Gasteiger partial charge in [0.2, 0.25) is 0 Å². The van der Waals surface area contributed by atoms with Crippen LogP contribution in [0.2, 0.25) is 0 Å². The Morgan fingerprint density at radius 2 is 1.81 bits per heavy atom. The molecule has 0 unspecified atom stereocenters. The summed E-state index contributed by atoms with van der Waals surface area (Å²) in [6.45, 7) is 9.40. The summed E-state index contributed by atoms with van der Waals surface area (Å²) >= 11 is 0. The van der Waals surface area contributed by atoms with Crippen LogP contribution in [0.4, 0.5) is 0 Å². The van der Waals surface area contributed by atoms with Crippen molar-refractivity contribution in [3.05, 3.63) is 0 Å². The SMILES string of the molecule is CC(C)(C)OCCOC1(CN)CCOCC1. The van der Waals surface area contributed by atoms with Crippen LogP contribution in [-0.4, -0.2) is 44.2 Å². The van der Waals surface area contributed by atoms with Crippen molar-refractivity contribution in [2.24, 2.45) is 5.73 Å². The molecule has 1 aliphatic rings. The van der Waals surface area contributed by atoms with Gasteiger partial charge in [-0.2, -0.15) is 0 Å². The second-order valence-electron chi connectivity index (χ2n) is 5.31. The van der Waals surface area contributed by atoms with Crippen molar-refractivity contribution in [2.75, 3.05) is 33.0 Å². The molecule has 0 radical (unpaired) electrons. The van der Waals surface area contributed by atoms with Crippen molar-refractivity contribution in [3.63, 3.8) is 0 Å². The fourth-order valence-electron chi connectivity index (χ4n) is 1.76. The minimum absolute atomic E-state index is 0.102. The maximum atomic E-state index is 5.89. The highest BCUT2D eigenvalue weighted by molar-refractivity contribution is 4.84. The zero-order valence-electron chi connectivity index (χ0n) is 10.8. The molecule has 0 spiro atoms. The largest absolute Gasteiger partial charge is 0.381 e. The Morgan fingerprint density at radius 3 is 2.31 bits per heavy atom. The van der Waals surface area contributed by atoms with E-state index in [1.165, 1.54) is 0 Å². The molecule has 1 saturated heterocycles. The molecular formula is C12H25NO3. The van der Waals surface area contributed by atoms with Gasteiger partial charge in [-0.1, -0.05) is 0 Å². The van der Waals surface area contributed by atoms with E-state index in [2.05, 4.69) is 0 Å². The summed E-state index contributed by atoms with van der Waals surface area (Å²) in [5.41, 5.74) is 5.50. The quantitative estimate of drug-likeness (QED) is 0.725. The van der Waals surface area contributed by atoms with Crippen LogP contribution in [0.15, 0.2) is 0 Å². The first-order chi connectivity index (χ1) is 7.47. The van der Waals surface area contributed by atoms with E-state index < -0.39 is 0 Å². The molecule has 0 atom stereocenters. The van der Waals surface area contributed by atoms with Gasteiger partial charge in [0, 0.05) is 32.6 Å². The van der Waals surface area contributed by atoms with Gasteiger partial charge in [0.25, 0.3) is 0 Å². The molecule has 0 aromatic heterocycles. The Kier molecular flexibility index (Phi) is 5.18. The fourth-order valence-corrected chi connectivity index (χ4v) is 1.76. The van der Waals surface area contributed by atoms with Crippen molar-refractivity contribution in [1.29, 1.82) is 0 Å². The van der Waals surface area contributed by atoms with Crippen LogP contribution in [0.5, 0.6) is 0 Å². The molecule has 0 saturated carbocycles. The van der Waals surface area contributed by atoms with Crippen LogP contribution in [0.25, 0.3) is 0 Å². The summed E-state index contributed by atoms with van der Waals surface area (Å²) in [5, 5.41) is 0. The summed E-state index contributed by atoms with van der Waals surface area (Å²) < 4.78 is 16.8. The Bertz CT molecular complexity index is 195. The van der Waals surface area contributed by atoms with Crippen LogP contribution in [0.3, 0.4) is 0 Å². The Morgan fingerprint density at radius 1 is 1.19 bits per heavy atom. The van der Waals surface area contributed by atoms with E-state index in [9.17, 15) is 0 Å². The lowest BCUT2D eigenvalue weighted by atomic mass is 9.94. The molecule has 96 valence electrons. The van der Waals surface area contributed by atoms with Gasteiger partial charge in [-0.25, -0.2) is 0 Å². The summed E-state index contributed by atoms with van der Waals surface area (Å²) in [6, 6.07) is 0. The average molecular weight is 231 g/mol. The van der Waals surface area contributed by atoms with Crippen LogP contribution in [0.1, 0.15) is 33.6 Å². The summed E-state index contributed by atoms with van der Waals surface area (Å²) in [4.78, 5) is 0. The van der Waals surface area contributed by atoms with Crippen LogP contribution in [-0.2, 0) is 14.2 Å². The zero-order valence-corrected chi connectivity index (χ0v) is 10.8. The molecule has 4 heteroatoms. The highest BCUT2D eigenvalue weighted by Crippen LogP contribution is 2.23. The average Bonchev–Trinajstić information content (AvgIpc) is 2.25. The maximum Gasteiger partial charge on any atom is 0.0849 e. The lowest BCUT2D eigenvalue weighted by Crippen LogP contribution is -2.46. The number of nitrogens with two attached hydrogens (primary N) is 1. The molecule has 1 aliphatic heterocycles. The van der Waals surface area contributed by atoms with E-state index in [1.807, 2.05) is 20.8 Å². The number of rotatable bonds is 5. The third-order valence-corrected chi connectivity index (χ3v) is 2.80. The predicted molar refractivity (Wildman–Crippen MR) is 63.5 cm³/mol. The normalized spacial score (nSPS) is 21.0. The predicted octanol–water partition coefficient (Wildman–Crippen LogP) is 1.33. The lowest BCUT2D eigenvalue weighted by Gasteiger charge is -2.36. The minimum atomic E-state index is -0.181. The first-order valence-corrected chi connectivity index (χ1v) is 6.03. The van der Waals surface area contributed by atoms with E-state index in [1.54, 1.807) is 0 Å². The van der Waals surface area contributed by atoms with E-state index in [0.717, 1.165) is 26.1 Å².